The van der Waals surface area contributed by atoms with Gasteiger partial charge in [0.15, 0.2) is 6.10 Å². The molecule has 0 bridgehead atoms. The SMILES string of the molecule is CC(OP(=O)(Oc1ccccc1)Oc1ccccc1)C(=O)OCc1ccccc1. The molecule has 0 fully saturated rings. The zero-order valence-electron chi connectivity index (χ0n) is 15.8. The monoisotopic (exact) mass is 412 g/mol. The van der Waals surface area contributed by atoms with Crippen molar-refractivity contribution in [1.82, 2.24) is 0 Å². The number of benzene rings is 3. The van der Waals surface area contributed by atoms with E-state index in [1.807, 2.05) is 30.3 Å². The second-order valence-electron chi connectivity index (χ2n) is 6.10. The molecule has 0 radical (unpaired) electrons. The minimum atomic E-state index is -4.17. The molecule has 0 amide bonds. The molecule has 0 saturated heterocycles. The van der Waals surface area contributed by atoms with E-state index < -0.39 is 19.9 Å². The minimum absolute atomic E-state index is 0.0801. The van der Waals surface area contributed by atoms with Crippen molar-refractivity contribution >= 4 is 13.8 Å². The van der Waals surface area contributed by atoms with Crippen molar-refractivity contribution in [2.24, 2.45) is 0 Å². The summed E-state index contributed by atoms with van der Waals surface area (Å²) in [6.07, 6.45) is -1.17. The van der Waals surface area contributed by atoms with Gasteiger partial charge in [-0.2, -0.15) is 0 Å². The number of carbonyl (C=O) groups is 1. The van der Waals surface area contributed by atoms with Gasteiger partial charge in [0.1, 0.15) is 18.1 Å². The highest BCUT2D eigenvalue weighted by Gasteiger charge is 2.36. The van der Waals surface area contributed by atoms with E-state index in [1.54, 1.807) is 60.7 Å². The highest BCUT2D eigenvalue weighted by Crippen LogP contribution is 2.50. The molecular formula is C22H21O6P. The van der Waals surface area contributed by atoms with Crippen LogP contribution in [-0.4, -0.2) is 12.1 Å². The Morgan fingerprint density at radius 2 is 1.24 bits per heavy atom. The van der Waals surface area contributed by atoms with Crippen LogP contribution in [0.4, 0.5) is 0 Å². The molecule has 29 heavy (non-hydrogen) atoms. The van der Waals surface area contributed by atoms with Gasteiger partial charge in [0.25, 0.3) is 0 Å². The number of phosphoric ester groups is 1. The van der Waals surface area contributed by atoms with Crippen LogP contribution in [0.1, 0.15) is 12.5 Å². The molecule has 0 heterocycles. The van der Waals surface area contributed by atoms with E-state index in [-0.39, 0.29) is 18.1 Å². The maximum absolute atomic E-state index is 13.3. The summed E-state index contributed by atoms with van der Waals surface area (Å²) in [7, 11) is -4.17. The van der Waals surface area contributed by atoms with Gasteiger partial charge in [-0.1, -0.05) is 66.7 Å². The maximum atomic E-state index is 13.3. The van der Waals surface area contributed by atoms with Crippen molar-refractivity contribution in [1.29, 1.82) is 0 Å². The maximum Gasteiger partial charge on any atom is 0.588 e. The molecule has 6 nitrogen and oxygen atoms in total. The van der Waals surface area contributed by atoms with E-state index in [9.17, 15) is 9.36 Å². The Labute approximate surface area is 169 Å². The molecule has 0 aromatic heterocycles. The first-order chi connectivity index (χ1) is 14.0. The van der Waals surface area contributed by atoms with Crippen LogP contribution < -0.4 is 9.05 Å². The number of phosphoric acid groups is 1. The van der Waals surface area contributed by atoms with Gasteiger partial charge in [0.05, 0.1) is 0 Å². The fourth-order valence-corrected chi connectivity index (χ4v) is 3.72. The summed E-state index contributed by atoms with van der Waals surface area (Å²) < 4.78 is 34.9. The van der Waals surface area contributed by atoms with Crippen molar-refractivity contribution < 1.29 is 27.7 Å². The molecule has 0 spiro atoms. The van der Waals surface area contributed by atoms with Crippen LogP contribution in [0.3, 0.4) is 0 Å². The lowest BCUT2D eigenvalue weighted by molar-refractivity contribution is -0.153. The number of rotatable bonds is 9. The summed E-state index contributed by atoms with van der Waals surface area (Å²) in [5.74, 6) is -0.101. The Hall–Kier alpha value is -3.08. The van der Waals surface area contributed by atoms with Crippen LogP contribution in [0.2, 0.25) is 0 Å². The van der Waals surface area contributed by atoms with Crippen LogP contribution in [0.15, 0.2) is 91.0 Å². The Morgan fingerprint density at radius 3 is 1.72 bits per heavy atom. The minimum Gasteiger partial charge on any atom is -0.459 e. The standard InChI is InChI=1S/C22H21O6P/c1-18(22(23)25-17-19-11-5-2-6-12-19)26-29(24,27-20-13-7-3-8-14-20)28-21-15-9-4-10-16-21/h2-16,18H,17H2,1H3. The lowest BCUT2D eigenvalue weighted by atomic mass is 10.2. The molecule has 3 aromatic carbocycles. The predicted molar refractivity (Wildman–Crippen MR) is 109 cm³/mol. The summed E-state index contributed by atoms with van der Waals surface area (Å²) in [5.41, 5.74) is 0.831. The van der Waals surface area contributed by atoms with Gasteiger partial charge < -0.3 is 13.8 Å². The van der Waals surface area contributed by atoms with E-state index in [4.69, 9.17) is 18.3 Å². The van der Waals surface area contributed by atoms with Gasteiger partial charge in [-0.25, -0.2) is 9.36 Å². The molecule has 0 saturated carbocycles. The van der Waals surface area contributed by atoms with Crippen molar-refractivity contribution in [2.75, 3.05) is 0 Å². The molecular weight excluding hydrogens is 391 g/mol. The smallest absolute Gasteiger partial charge is 0.459 e. The Kier molecular flexibility index (Phi) is 7.06. The van der Waals surface area contributed by atoms with Gasteiger partial charge in [-0.05, 0) is 36.8 Å². The number of hydrogen-bond acceptors (Lipinski definition) is 6. The Balaban J connectivity index is 1.69. The first-order valence-corrected chi connectivity index (χ1v) is 10.5. The number of carbonyl (C=O) groups excluding carboxylic acids is 1. The molecule has 1 unspecified atom stereocenters. The Bertz CT molecular complexity index is 901. The third kappa shape index (κ3) is 6.49. The quantitative estimate of drug-likeness (QED) is 0.346. The summed E-state index contributed by atoms with van der Waals surface area (Å²) in [6, 6.07) is 26.2. The molecule has 1 atom stereocenters. The number of para-hydroxylation sites is 2. The molecule has 3 rings (SSSR count). The molecule has 0 N–H and O–H groups in total. The zero-order valence-corrected chi connectivity index (χ0v) is 16.7. The number of esters is 1. The Morgan fingerprint density at radius 1 is 0.793 bits per heavy atom. The van der Waals surface area contributed by atoms with Crippen molar-refractivity contribution in [3.8, 4) is 11.5 Å². The van der Waals surface area contributed by atoms with Crippen LogP contribution in [0.25, 0.3) is 0 Å². The van der Waals surface area contributed by atoms with E-state index >= 15 is 0 Å². The summed E-state index contributed by atoms with van der Waals surface area (Å²) >= 11 is 0. The van der Waals surface area contributed by atoms with Gasteiger partial charge in [0.2, 0.25) is 0 Å². The van der Waals surface area contributed by atoms with E-state index in [1.165, 1.54) is 6.92 Å². The van der Waals surface area contributed by atoms with Crippen LogP contribution in [-0.2, 0) is 25.2 Å². The third-order valence-electron chi connectivity index (χ3n) is 3.76. The largest absolute Gasteiger partial charge is 0.588 e. The third-order valence-corrected chi connectivity index (χ3v) is 5.21. The molecule has 150 valence electrons. The van der Waals surface area contributed by atoms with Gasteiger partial charge in [0, 0.05) is 0 Å². The van der Waals surface area contributed by atoms with Crippen molar-refractivity contribution in [3.05, 3.63) is 96.6 Å². The second kappa shape index (κ2) is 9.92. The summed E-state index contributed by atoms with van der Waals surface area (Å²) in [4.78, 5) is 12.3. The van der Waals surface area contributed by atoms with E-state index in [2.05, 4.69) is 0 Å². The van der Waals surface area contributed by atoms with Crippen LogP contribution in [0.5, 0.6) is 11.5 Å². The molecule has 0 aliphatic carbocycles. The number of ether oxygens (including phenoxy) is 1. The summed E-state index contributed by atoms with van der Waals surface area (Å²) in [6.45, 7) is 1.51. The lowest BCUT2D eigenvalue weighted by Crippen LogP contribution is -2.24. The molecule has 3 aromatic rings. The number of hydrogen-bond donors (Lipinski definition) is 0. The fourth-order valence-electron chi connectivity index (χ4n) is 2.37. The van der Waals surface area contributed by atoms with Gasteiger partial charge >= 0.3 is 13.8 Å². The van der Waals surface area contributed by atoms with E-state index in [0.717, 1.165) is 5.56 Å². The second-order valence-corrected chi connectivity index (χ2v) is 7.57. The topological polar surface area (TPSA) is 71.1 Å². The normalized spacial score (nSPS) is 12.0. The lowest BCUT2D eigenvalue weighted by Gasteiger charge is -2.21. The summed E-state index contributed by atoms with van der Waals surface area (Å²) in [5, 5.41) is 0. The van der Waals surface area contributed by atoms with Gasteiger partial charge in [-0.3, -0.25) is 4.52 Å². The molecule has 7 heteroatoms. The highest BCUT2D eigenvalue weighted by atomic mass is 31.2. The predicted octanol–water partition coefficient (Wildman–Crippen LogP) is 5.40. The van der Waals surface area contributed by atoms with E-state index in [0.29, 0.717) is 0 Å². The van der Waals surface area contributed by atoms with Crippen molar-refractivity contribution in [2.45, 2.75) is 19.6 Å². The average Bonchev–Trinajstić information content (AvgIpc) is 2.74. The van der Waals surface area contributed by atoms with Crippen LogP contribution in [0, 0.1) is 0 Å². The average molecular weight is 412 g/mol. The van der Waals surface area contributed by atoms with Gasteiger partial charge in [-0.15, -0.1) is 0 Å². The van der Waals surface area contributed by atoms with Crippen LogP contribution >= 0.6 is 7.82 Å². The first kappa shape index (κ1) is 20.6. The molecule has 0 aliphatic heterocycles. The first-order valence-electron chi connectivity index (χ1n) is 9.02. The van der Waals surface area contributed by atoms with Crippen molar-refractivity contribution in [3.63, 3.8) is 0 Å². The molecule has 0 aliphatic rings. The fraction of sp³-hybridized carbons (Fsp3) is 0.136. The zero-order chi connectivity index (χ0) is 20.5. The highest BCUT2D eigenvalue weighted by molar-refractivity contribution is 7.49.